The third-order valence-electron chi connectivity index (χ3n) is 4.06. The molecule has 1 aromatic carbocycles. The molecule has 0 bridgehead atoms. The molecule has 0 aromatic heterocycles. The molecule has 0 aliphatic carbocycles. The fourth-order valence-electron chi connectivity index (χ4n) is 2.94. The Bertz CT molecular complexity index is 452. The van der Waals surface area contributed by atoms with Crippen LogP contribution in [0.15, 0.2) is 30.3 Å². The topological polar surface area (TPSA) is 58.8 Å². The zero-order valence-corrected chi connectivity index (χ0v) is 13.4. The van der Waals surface area contributed by atoms with Crippen molar-refractivity contribution in [3.8, 4) is 0 Å². The second-order valence-corrected chi connectivity index (χ2v) is 6.05. The highest BCUT2D eigenvalue weighted by atomic mass is 16.6. The number of likely N-dealkylation sites (tertiary alicyclic amines) is 1. The summed E-state index contributed by atoms with van der Waals surface area (Å²) in [6, 6.07) is 9.79. The Hall–Kier alpha value is -1.59. The molecule has 0 unspecified atom stereocenters. The lowest BCUT2D eigenvalue weighted by molar-refractivity contribution is 0.0742. The third kappa shape index (κ3) is 5.31. The average Bonchev–Trinajstić information content (AvgIpc) is 2.54. The molecule has 1 heterocycles. The van der Waals surface area contributed by atoms with Crippen molar-refractivity contribution in [2.24, 2.45) is 11.7 Å². The molecule has 0 radical (unpaired) electrons. The second kappa shape index (κ2) is 8.76. The fourth-order valence-corrected chi connectivity index (χ4v) is 2.94. The van der Waals surface area contributed by atoms with E-state index in [4.69, 9.17) is 10.5 Å². The molecule has 5 heteroatoms. The molecule has 1 fully saturated rings. The average molecular weight is 305 g/mol. The normalized spacial score (nSPS) is 18.5. The highest BCUT2D eigenvalue weighted by molar-refractivity contribution is 5.67. The second-order valence-electron chi connectivity index (χ2n) is 6.05. The standard InChI is InChI=1S/C17H27N3O2/c1-19(11-9-18)12-16-8-5-10-20(13-16)17(21)22-14-15-6-3-2-4-7-15/h2-4,6-7,16H,5,8-14,18H2,1H3/t16-/m1/s1. The van der Waals surface area contributed by atoms with Crippen LogP contribution in [0.4, 0.5) is 4.79 Å². The van der Waals surface area contributed by atoms with Crippen LogP contribution >= 0.6 is 0 Å². The summed E-state index contributed by atoms with van der Waals surface area (Å²) >= 11 is 0. The van der Waals surface area contributed by atoms with Gasteiger partial charge in [-0.25, -0.2) is 4.79 Å². The van der Waals surface area contributed by atoms with Crippen molar-refractivity contribution < 1.29 is 9.53 Å². The fraction of sp³-hybridized carbons (Fsp3) is 0.588. The van der Waals surface area contributed by atoms with Gasteiger partial charge in [0.15, 0.2) is 0 Å². The van der Waals surface area contributed by atoms with Gasteiger partial charge in [0.25, 0.3) is 0 Å². The maximum atomic E-state index is 12.2. The van der Waals surface area contributed by atoms with Gasteiger partial charge in [-0.1, -0.05) is 30.3 Å². The number of rotatable bonds is 6. The minimum absolute atomic E-state index is 0.199. The van der Waals surface area contributed by atoms with Gasteiger partial charge in [0, 0.05) is 32.7 Å². The Morgan fingerprint density at radius 1 is 1.41 bits per heavy atom. The number of carbonyl (C=O) groups excluding carboxylic acids is 1. The summed E-state index contributed by atoms with van der Waals surface area (Å²) in [5, 5.41) is 0. The quantitative estimate of drug-likeness (QED) is 0.872. The van der Waals surface area contributed by atoms with E-state index in [9.17, 15) is 4.79 Å². The van der Waals surface area contributed by atoms with E-state index in [2.05, 4.69) is 11.9 Å². The molecule has 2 rings (SSSR count). The first kappa shape index (κ1) is 16.8. The van der Waals surface area contributed by atoms with Gasteiger partial charge in [0.1, 0.15) is 6.61 Å². The molecule has 5 nitrogen and oxygen atoms in total. The number of benzene rings is 1. The Kier molecular flexibility index (Phi) is 6.68. The molecule has 0 spiro atoms. The number of nitrogens with zero attached hydrogens (tertiary/aromatic N) is 2. The minimum atomic E-state index is -0.199. The molecule has 0 saturated carbocycles. The van der Waals surface area contributed by atoms with Crippen LogP contribution < -0.4 is 5.73 Å². The smallest absolute Gasteiger partial charge is 0.410 e. The van der Waals surface area contributed by atoms with E-state index in [1.165, 1.54) is 0 Å². The Morgan fingerprint density at radius 2 is 2.18 bits per heavy atom. The predicted octanol–water partition coefficient (Wildman–Crippen LogP) is 1.93. The van der Waals surface area contributed by atoms with Crippen LogP contribution in [-0.2, 0) is 11.3 Å². The molecule has 1 aromatic rings. The molecule has 1 amide bonds. The van der Waals surface area contributed by atoms with E-state index in [0.717, 1.165) is 44.6 Å². The van der Waals surface area contributed by atoms with Gasteiger partial charge in [0.2, 0.25) is 0 Å². The van der Waals surface area contributed by atoms with Crippen LogP contribution in [-0.4, -0.2) is 55.7 Å². The predicted molar refractivity (Wildman–Crippen MR) is 87.5 cm³/mol. The molecule has 122 valence electrons. The van der Waals surface area contributed by atoms with Gasteiger partial charge in [-0.05, 0) is 31.4 Å². The van der Waals surface area contributed by atoms with Gasteiger partial charge in [-0.2, -0.15) is 0 Å². The van der Waals surface area contributed by atoms with E-state index in [-0.39, 0.29) is 6.09 Å². The van der Waals surface area contributed by atoms with Crippen molar-refractivity contribution in [1.82, 2.24) is 9.80 Å². The zero-order chi connectivity index (χ0) is 15.8. The highest BCUT2D eigenvalue weighted by Gasteiger charge is 2.25. The molecule has 22 heavy (non-hydrogen) atoms. The summed E-state index contributed by atoms with van der Waals surface area (Å²) in [4.78, 5) is 16.3. The van der Waals surface area contributed by atoms with Crippen LogP contribution in [0.5, 0.6) is 0 Å². The van der Waals surface area contributed by atoms with Crippen LogP contribution in [0.2, 0.25) is 0 Å². The lowest BCUT2D eigenvalue weighted by atomic mass is 9.98. The largest absolute Gasteiger partial charge is 0.445 e. The van der Waals surface area contributed by atoms with E-state index in [0.29, 0.717) is 19.1 Å². The monoisotopic (exact) mass is 305 g/mol. The van der Waals surface area contributed by atoms with Crippen molar-refractivity contribution in [2.45, 2.75) is 19.4 Å². The van der Waals surface area contributed by atoms with E-state index in [1.54, 1.807) is 0 Å². The van der Waals surface area contributed by atoms with Gasteiger partial charge in [0.05, 0.1) is 0 Å². The third-order valence-corrected chi connectivity index (χ3v) is 4.06. The van der Waals surface area contributed by atoms with Crippen molar-refractivity contribution in [3.05, 3.63) is 35.9 Å². The van der Waals surface area contributed by atoms with Crippen molar-refractivity contribution in [2.75, 3.05) is 39.8 Å². The number of piperidine rings is 1. The number of hydrogen-bond donors (Lipinski definition) is 1. The van der Waals surface area contributed by atoms with E-state index >= 15 is 0 Å². The molecule has 1 aliphatic heterocycles. The molecule has 1 saturated heterocycles. The van der Waals surface area contributed by atoms with Gasteiger partial charge in [-0.15, -0.1) is 0 Å². The Labute approximate surface area is 133 Å². The molecule has 1 aliphatic rings. The minimum Gasteiger partial charge on any atom is -0.445 e. The van der Waals surface area contributed by atoms with Crippen molar-refractivity contribution in [1.29, 1.82) is 0 Å². The number of hydrogen-bond acceptors (Lipinski definition) is 4. The Balaban J connectivity index is 1.77. The lowest BCUT2D eigenvalue weighted by Gasteiger charge is -2.34. The number of likely N-dealkylation sites (N-methyl/N-ethyl adjacent to an activating group) is 1. The number of ether oxygens (including phenoxy) is 1. The number of nitrogens with two attached hydrogens (primary N) is 1. The maximum absolute atomic E-state index is 12.2. The molecular formula is C17H27N3O2. The highest BCUT2D eigenvalue weighted by Crippen LogP contribution is 2.18. The summed E-state index contributed by atoms with van der Waals surface area (Å²) in [6.45, 7) is 4.47. The number of amides is 1. The van der Waals surface area contributed by atoms with Crippen LogP contribution in [0, 0.1) is 5.92 Å². The van der Waals surface area contributed by atoms with Crippen molar-refractivity contribution >= 4 is 6.09 Å². The first-order valence-corrected chi connectivity index (χ1v) is 8.03. The molecule has 1 atom stereocenters. The summed E-state index contributed by atoms with van der Waals surface area (Å²) < 4.78 is 5.42. The Morgan fingerprint density at radius 3 is 2.91 bits per heavy atom. The summed E-state index contributed by atoms with van der Waals surface area (Å²) in [6.07, 6.45) is 2.01. The van der Waals surface area contributed by atoms with Gasteiger partial charge < -0.3 is 20.3 Å². The van der Waals surface area contributed by atoms with Gasteiger partial charge >= 0.3 is 6.09 Å². The van der Waals surface area contributed by atoms with E-state index < -0.39 is 0 Å². The first-order chi connectivity index (χ1) is 10.7. The summed E-state index contributed by atoms with van der Waals surface area (Å²) in [7, 11) is 2.08. The lowest BCUT2D eigenvalue weighted by Crippen LogP contribution is -2.43. The van der Waals surface area contributed by atoms with Crippen LogP contribution in [0.1, 0.15) is 18.4 Å². The van der Waals surface area contributed by atoms with Gasteiger partial charge in [-0.3, -0.25) is 0 Å². The number of carbonyl (C=O) groups is 1. The molecular weight excluding hydrogens is 278 g/mol. The van der Waals surface area contributed by atoms with Crippen LogP contribution in [0.3, 0.4) is 0 Å². The zero-order valence-electron chi connectivity index (χ0n) is 13.4. The SMILES string of the molecule is CN(CCN)C[C@H]1CCCN(C(=O)OCc2ccccc2)C1. The van der Waals surface area contributed by atoms with Crippen LogP contribution in [0.25, 0.3) is 0 Å². The molecule has 2 N–H and O–H groups in total. The summed E-state index contributed by atoms with van der Waals surface area (Å²) in [5.41, 5.74) is 6.60. The van der Waals surface area contributed by atoms with Crippen molar-refractivity contribution in [3.63, 3.8) is 0 Å². The summed E-state index contributed by atoms with van der Waals surface area (Å²) in [5.74, 6) is 0.509. The first-order valence-electron chi connectivity index (χ1n) is 8.03. The maximum Gasteiger partial charge on any atom is 0.410 e. The van der Waals surface area contributed by atoms with E-state index in [1.807, 2.05) is 35.2 Å².